The number of fused-ring (bicyclic) bond motifs is 3. The molecule has 4 aromatic rings. The third kappa shape index (κ3) is 3.24. The standard InChI is InChI=1S/C21H20N6O2S/c1-2-17(21-20(22-11-30-21)16(1)12-7-23-24-8-12)18-3-4-19(27-26-18)29-15-5-13-9-28-10-14(6-15)25-13/h1-4,7-8,11,13-15,25H,5-6,9-10H2,(H,23,24)/t13-,14+,15?. The Hall–Kier alpha value is -2.88. The van der Waals surface area contributed by atoms with Gasteiger partial charge in [0.25, 0.3) is 0 Å². The Morgan fingerprint density at radius 1 is 1.03 bits per heavy atom. The minimum absolute atomic E-state index is 0.146. The fourth-order valence-corrected chi connectivity index (χ4v) is 5.20. The third-order valence-electron chi connectivity index (χ3n) is 5.70. The number of H-pyrrole nitrogens is 1. The molecule has 2 saturated heterocycles. The first-order valence-corrected chi connectivity index (χ1v) is 10.9. The van der Waals surface area contributed by atoms with Crippen molar-refractivity contribution in [1.82, 2.24) is 30.7 Å². The lowest BCUT2D eigenvalue weighted by Gasteiger charge is -2.39. The van der Waals surface area contributed by atoms with E-state index in [-0.39, 0.29) is 6.10 Å². The van der Waals surface area contributed by atoms with Crippen molar-refractivity contribution in [1.29, 1.82) is 0 Å². The number of piperidine rings is 1. The zero-order valence-corrected chi connectivity index (χ0v) is 16.9. The van der Waals surface area contributed by atoms with Gasteiger partial charge in [-0.3, -0.25) is 5.10 Å². The summed E-state index contributed by atoms with van der Waals surface area (Å²) in [4.78, 5) is 4.57. The molecule has 0 aliphatic carbocycles. The van der Waals surface area contributed by atoms with Gasteiger partial charge in [-0.15, -0.1) is 21.5 Å². The zero-order chi connectivity index (χ0) is 19.9. The van der Waals surface area contributed by atoms with Gasteiger partial charge < -0.3 is 14.8 Å². The molecule has 1 unspecified atom stereocenters. The lowest BCUT2D eigenvalue weighted by atomic mass is 9.95. The van der Waals surface area contributed by atoms with E-state index in [9.17, 15) is 0 Å². The van der Waals surface area contributed by atoms with Crippen LogP contribution < -0.4 is 10.1 Å². The molecule has 5 heterocycles. The molecule has 6 rings (SSSR count). The Labute approximate surface area is 176 Å². The second kappa shape index (κ2) is 7.42. The first-order chi connectivity index (χ1) is 14.8. The molecular formula is C21H20N6O2S. The fourth-order valence-electron chi connectivity index (χ4n) is 4.36. The zero-order valence-electron chi connectivity index (χ0n) is 16.1. The van der Waals surface area contributed by atoms with Crippen molar-refractivity contribution >= 4 is 21.6 Å². The van der Waals surface area contributed by atoms with Crippen molar-refractivity contribution in [2.75, 3.05) is 13.2 Å². The summed E-state index contributed by atoms with van der Waals surface area (Å²) < 4.78 is 12.8. The minimum atomic E-state index is 0.146. The van der Waals surface area contributed by atoms with E-state index >= 15 is 0 Å². The normalized spacial score (nSPS) is 23.5. The van der Waals surface area contributed by atoms with Crippen LogP contribution in [0.3, 0.4) is 0 Å². The Morgan fingerprint density at radius 2 is 1.90 bits per heavy atom. The van der Waals surface area contributed by atoms with Crippen molar-refractivity contribution in [2.45, 2.75) is 31.0 Å². The van der Waals surface area contributed by atoms with E-state index in [2.05, 4.69) is 42.8 Å². The van der Waals surface area contributed by atoms with Gasteiger partial charge in [0.05, 0.1) is 40.8 Å². The molecule has 9 heteroatoms. The number of ether oxygens (including phenoxy) is 2. The van der Waals surface area contributed by atoms with Crippen LogP contribution >= 0.6 is 11.3 Å². The molecule has 0 saturated carbocycles. The molecular weight excluding hydrogens is 400 g/mol. The van der Waals surface area contributed by atoms with Gasteiger partial charge in [-0.1, -0.05) is 12.1 Å². The van der Waals surface area contributed by atoms with Crippen LogP contribution in [0, 0.1) is 0 Å². The number of rotatable bonds is 4. The predicted molar refractivity (Wildman–Crippen MR) is 113 cm³/mol. The molecule has 8 nitrogen and oxygen atoms in total. The van der Waals surface area contributed by atoms with Gasteiger partial charge in [0, 0.05) is 53.9 Å². The molecule has 2 fully saturated rings. The lowest BCUT2D eigenvalue weighted by Crippen LogP contribution is -2.56. The largest absolute Gasteiger partial charge is 0.473 e. The number of aromatic nitrogens is 5. The SMILES string of the molecule is c1nc2c(-c3cn[nH]c3)ccc(-c3ccc(OC4C[C@H]5COC[C@@H](C4)N5)nn3)c2s1. The second-order valence-electron chi connectivity index (χ2n) is 7.74. The molecule has 3 atom stereocenters. The van der Waals surface area contributed by atoms with Crippen LogP contribution in [0.1, 0.15) is 12.8 Å². The molecule has 0 radical (unpaired) electrons. The first kappa shape index (κ1) is 17.9. The van der Waals surface area contributed by atoms with Crippen LogP contribution in [0.5, 0.6) is 5.88 Å². The van der Waals surface area contributed by atoms with Crippen LogP contribution in [-0.4, -0.2) is 56.8 Å². The highest BCUT2D eigenvalue weighted by Crippen LogP contribution is 2.36. The second-order valence-corrected chi connectivity index (χ2v) is 8.60. The quantitative estimate of drug-likeness (QED) is 0.524. The first-order valence-electron chi connectivity index (χ1n) is 10.0. The maximum atomic E-state index is 6.13. The Kier molecular flexibility index (Phi) is 4.44. The molecule has 1 aromatic carbocycles. The number of morpholine rings is 1. The Morgan fingerprint density at radius 3 is 2.67 bits per heavy atom. The van der Waals surface area contributed by atoms with Gasteiger partial charge in [0.15, 0.2) is 0 Å². The smallest absolute Gasteiger partial charge is 0.233 e. The molecule has 3 aromatic heterocycles. The van der Waals surface area contributed by atoms with Crippen molar-refractivity contribution in [3.05, 3.63) is 42.2 Å². The van der Waals surface area contributed by atoms with Crippen molar-refractivity contribution in [3.63, 3.8) is 0 Å². The molecule has 152 valence electrons. The summed E-state index contributed by atoms with van der Waals surface area (Å²) in [5, 5.41) is 19.3. The number of benzene rings is 1. The number of hydrogen-bond donors (Lipinski definition) is 2. The Balaban J connectivity index is 1.25. The highest BCUT2D eigenvalue weighted by atomic mass is 32.1. The van der Waals surface area contributed by atoms with Crippen LogP contribution in [-0.2, 0) is 4.74 Å². The minimum Gasteiger partial charge on any atom is -0.473 e. The predicted octanol–water partition coefficient (Wildman–Crippen LogP) is 3.04. The highest BCUT2D eigenvalue weighted by Gasteiger charge is 2.33. The number of thiazole rings is 1. The molecule has 0 amide bonds. The van der Waals surface area contributed by atoms with E-state index in [1.165, 1.54) is 0 Å². The number of nitrogens with one attached hydrogen (secondary N) is 2. The van der Waals surface area contributed by atoms with E-state index in [1.807, 2.05) is 23.8 Å². The summed E-state index contributed by atoms with van der Waals surface area (Å²) >= 11 is 1.60. The summed E-state index contributed by atoms with van der Waals surface area (Å²) in [5.41, 5.74) is 6.71. The van der Waals surface area contributed by atoms with Gasteiger partial charge in [0.2, 0.25) is 5.88 Å². The summed E-state index contributed by atoms with van der Waals surface area (Å²) in [6.07, 6.45) is 5.68. The summed E-state index contributed by atoms with van der Waals surface area (Å²) in [6, 6.07) is 8.74. The average molecular weight is 420 g/mol. The summed E-state index contributed by atoms with van der Waals surface area (Å²) in [5.74, 6) is 0.570. The highest BCUT2D eigenvalue weighted by molar-refractivity contribution is 7.17. The number of nitrogens with zero attached hydrogens (tertiary/aromatic N) is 4. The van der Waals surface area contributed by atoms with Crippen molar-refractivity contribution in [3.8, 4) is 28.3 Å². The topological polar surface area (TPSA) is 97.8 Å². The Bertz CT molecular complexity index is 1150. The van der Waals surface area contributed by atoms with Gasteiger partial charge >= 0.3 is 0 Å². The maximum absolute atomic E-state index is 6.13. The van der Waals surface area contributed by atoms with E-state index in [1.54, 1.807) is 17.5 Å². The summed E-state index contributed by atoms with van der Waals surface area (Å²) in [7, 11) is 0. The van der Waals surface area contributed by atoms with Crippen LogP contribution in [0.4, 0.5) is 0 Å². The van der Waals surface area contributed by atoms with E-state index in [0.717, 1.165) is 58.7 Å². The van der Waals surface area contributed by atoms with Crippen molar-refractivity contribution < 1.29 is 9.47 Å². The number of aromatic amines is 1. The third-order valence-corrected chi connectivity index (χ3v) is 6.56. The van der Waals surface area contributed by atoms with Crippen LogP contribution in [0.2, 0.25) is 0 Å². The number of hydrogen-bond acceptors (Lipinski definition) is 8. The molecule has 2 N–H and O–H groups in total. The van der Waals surface area contributed by atoms with Crippen LogP contribution in [0.15, 0.2) is 42.2 Å². The van der Waals surface area contributed by atoms with E-state index < -0.39 is 0 Å². The lowest BCUT2D eigenvalue weighted by molar-refractivity contribution is -0.0134. The fraction of sp³-hybridized carbons (Fsp3) is 0.333. The monoisotopic (exact) mass is 420 g/mol. The average Bonchev–Trinajstić information content (AvgIpc) is 3.46. The molecule has 2 aliphatic rings. The van der Waals surface area contributed by atoms with E-state index in [0.29, 0.717) is 18.0 Å². The molecule has 2 aliphatic heterocycles. The van der Waals surface area contributed by atoms with E-state index in [4.69, 9.17) is 9.47 Å². The molecule has 0 spiro atoms. The maximum Gasteiger partial charge on any atom is 0.233 e. The van der Waals surface area contributed by atoms with Gasteiger partial charge in [0.1, 0.15) is 6.10 Å². The van der Waals surface area contributed by atoms with Crippen molar-refractivity contribution in [2.24, 2.45) is 0 Å². The molecule has 30 heavy (non-hydrogen) atoms. The summed E-state index contributed by atoms with van der Waals surface area (Å²) in [6.45, 7) is 1.50. The van der Waals surface area contributed by atoms with Crippen LogP contribution in [0.25, 0.3) is 32.6 Å². The van der Waals surface area contributed by atoms with Gasteiger partial charge in [-0.2, -0.15) is 5.10 Å². The molecule has 2 bridgehead atoms. The van der Waals surface area contributed by atoms with Gasteiger partial charge in [-0.25, -0.2) is 4.98 Å². The van der Waals surface area contributed by atoms with Gasteiger partial charge in [-0.05, 0) is 6.07 Å².